The number of rotatable bonds is 1. The van der Waals surface area contributed by atoms with Crippen LogP contribution in [-0.2, 0) is 0 Å². The number of amides is 1. The van der Waals surface area contributed by atoms with Gasteiger partial charge in [0, 0.05) is 25.0 Å². The van der Waals surface area contributed by atoms with Crippen molar-refractivity contribution in [2.45, 2.75) is 25.9 Å². The van der Waals surface area contributed by atoms with Crippen molar-refractivity contribution in [3.8, 4) is 0 Å². The molecule has 0 saturated carbocycles. The summed E-state index contributed by atoms with van der Waals surface area (Å²) in [5, 5.41) is 0. The van der Waals surface area contributed by atoms with Crippen LogP contribution in [0.25, 0.3) is 0 Å². The minimum Gasteiger partial charge on any atom is -0.338 e. The minimum atomic E-state index is -0.750. The van der Waals surface area contributed by atoms with E-state index in [4.69, 9.17) is 0 Å². The molecule has 3 nitrogen and oxygen atoms in total. The summed E-state index contributed by atoms with van der Waals surface area (Å²) >= 11 is 0. The monoisotopic (exact) mass is 222 g/mol. The standard InChI is InChI=1S/C12H15FN2O/c1-9-2-3-10(8-14-9)12(16)15-6-4-11(13)5-7-15/h2-3,8,11H,4-7H2,1H3. The van der Waals surface area contributed by atoms with E-state index in [1.165, 1.54) is 0 Å². The molecule has 1 aromatic heterocycles. The molecule has 4 heteroatoms. The molecule has 0 atom stereocenters. The molecule has 0 N–H and O–H groups in total. The molecule has 1 amide bonds. The van der Waals surface area contributed by atoms with Crippen LogP contribution >= 0.6 is 0 Å². The van der Waals surface area contributed by atoms with Gasteiger partial charge >= 0.3 is 0 Å². The van der Waals surface area contributed by atoms with Gasteiger partial charge in [0.25, 0.3) is 5.91 Å². The Balaban J connectivity index is 2.05. The number of alkyl halides is 1. The van der Waals surface area contributed by atoms with Crippen LogP contribution in [0, 0.1) is 6.92 Å². The Morgan fingerprint density at radius 1 is 1.44 bits per heavy atom. The summed E-state index contributed by atoms with van der Waals surface area (Å²) in [4.78, 5) is 17.8. The van der Waals surface area contributed by atoms with Gasteiger partial charge in [-0.25, -0.2) is 4.39 Å². The van der Waals surface area contributed by atoms with E-state index in [-0.39, 0.29) is 5.91 Å². The fourth-order valence-corrected chi connectivity index (χ4v) is 1.83. The zero-order valence-corrected chi connectivity index (χ0v) is 9.32. The second kappa shape index (κ2) is 4.60. The first-order valence-electron chi connectivity index (χ1n) is 5.53. The largest absolute Gasteiger partial charge is 0.338 e. The maximum atomic E-state index is 12.9. The van der Waals surface area contributed by atoms with E-state index in [2.05, 4.69) is 4.98 Å². The van der Waals surface area contributed by atoms with Crippen molar-refractivity contribution in [1.82, 2.24) is 9.88 Å². The number of piperidine rings is 1. The zero-order chi connectivity index (χ0) is 11.5. The lowest BCUT2D eigenvalue weighted by molar-refractivity contribution is 0.0666. The second-order valence-corrected chi connectivity index (χ2v) is 4.16. The molecule has 0 radical (unpaired) electrons. The molecule has 0 aromatic carbocycles. The van der Waals surface area contributed by atoms with E-state index >= 15 is 0 Å². The summed E-state index contributed by atoms with van der Waals surface area (Å²) < 4.78 is 12.9. The number of pyridine rings is 1. The Labute approximate surface area is 94.3 Å². The number of carbonyl (C=O) groups excluding carboxylic acids is 1. The van der Waals surface area contributed by atoms with Crippen LogP contribution in [-0.4, -0.2) is 35.1 Å². The number of hydrogen-bond donors (Lipinski definition) is 0. The van der Waals surface area contributed by atoms with E-state index in [0.717, 1.165) is 5.69 Å². The minimum absolute atomic E-state index is 0.0422. The van der Waals surface area contributed by atoms with Crippen molar-refractivity contribution in [3.05, 3.63) is 29.6 Å². The fourth-order valence-electron chi connectivity index (χ4n) is 1.83. The highest BCUT2D eigenvalue weighted by molar-refractivity contribution is 5.93. The number of nitrogens with zero attached hydrogens (tertiary/aromatic N) is 2. The van der Waals surface area contributed by atoms with E-state index in [0.29, 0.717) is 31.5 Å². The third-order valence-electron chi connectivity index (χ3n) is 2.87. The number of likely N-dealkylation sites (tertiary alicyclic amines) is 1. The van der Waals surface area contributed by atoms with Crippen LogP contribution in [0.5, 0.6) is 0 Å². The first-order chi connectivity index (χ1) is 7.66. The topological polar surface area (TPSA) is 33.2 Å². The maximum Gasteiger partial charge on any atom is 0.255 e. The molecule has 1 fully saturated rings. The summed E-state index contributed by atoms with van der Waals surface area (Å²) in [6.45, 7) is 2.89. The number of aromatic nitrogens is 1. The van der Waals surface area contributed by atoms with Gasteiger partial charge in [0.15, 0.2) is 0 Å². The number of hydrogen-bond acceptors (Lipinski definition) is 2. The first kappa shape index (κ1) is 11.0. The fraction of sp³-hybridized carbons (Fsp3) is 0.500. The summed E-state index contributed by atoms with van der Waals surface area (Å²) in [7, 11) is 0. The van der Waals surface area contributed by atoms with Crippen LogP contribution in [0.4, 0.5) is 4.39 Å². The molecule has 0 bridgehead atoms. The summed E-state index contributed by atoms with van der Waals surface area (Å²) in [6, 6.07) is 3.58. The summed E-state index contributed by atoms with van der Waals surface area (Å²) in [6.07, 6.45) is 1.73. The third kappa shape index (κ3) is 2.38. The Kier molecular flexibility index (Phi) is 3.17. The van der Waals surface area contributed by atoms with E-state index < -0.39 is 6.17 Å². The predicted molar refractivity (Wildman–Crippen MR) is 59.0 cm³/mol. The molecular weight excluding hydrogens is 207 g/mol. The quantitative estimate of drug-likeness (QED) is 0.727. The summed E-state index contributed by atoms with van der Waals surface area (Å²) in [5.74, 6) is -0.0422. The first-order valence-corrected chi connectivity index (χ1v) is 5.53. The lowest BCUT2D eigenvalue weighted by atomic mass is 10.1. The van der Waals surface area contributed by atoms with Crippen LogP contribution in [0.1, 0.15) is 28.9 Å². The van der Waals surface area contributed by atoms with Crippen LogP contribution in [0.3, 0.4) is 0 Å². The van der Waals surface area contributed by atoms with Crippen molar-refractivity contribution >= 4 is 5.91 Å². The zero-order valence-electron chi connectivity index (χ0n) is 9.32. The smallest absolute Gasteiger partial charge is 0.255 e. The van der Waals surface area contributed by atoms with E-state index in [1.807, 2.05) is 13.0 Å². The number of halogens is 1. The molecule has 1 aliphatic heterocycles. The lowest BCUT2D eigenvalue weighted by Crippen LogP contribution is -2.39. The predicted octanol–water partition coefficient (Wildman–Crippen LogP) is 1.96. The number of aryl methyl sites for hydroxylation is 1. The molecular formula is C12H15FN2O. The molecule has 16 heavy (non-hydrogen) atoms. The van der Waals surface area contributed by atoms with Crippen LogP contribution in [0.2, 0.25) is 0 Å². The van der Waals surface area contributed by atoms with Gasteiger partial charge in [0.05, 0.1) is 5.56 Å². The Morgan fingerprint density at radius 3 is 2.69 bits per heavy atom. The molecule has 1 aromatic rings. The molecule has 0 spiro atoms. The molecule has 2 heterocycles. The normalized spacial score (nSPS) is 17.5. The molecule has 2 rings (SSSR count). The maximum absolute atomic E-state index is 12.9. The van der Waals surface area contributed by atoms with Gasteiger partial charge in [-0.05, 0) is 31.9 Å². The van der Waals surface area contributed by atoms with Gasteiger partial charge in [0.1, 0.15) is 6.17 Å². The molecule has 0 aliphatic carbocycles. The van der Waals surface area contributed by atoms with Crippen molar-refractivity contribution < 1.29 is 9.18 Å². The molecule has 86 valence electrons. The third-order valence-corrected chi connectivity index (χ3v) is 2.87. The van der Waals surface area contributed by atoms with Gasteiger partial charge in [-0.15, -0.1) is 0 Å². The average Bonchev–Trinajstić information content (AvgIpc) is 2.30. The van der Waals surface area contributed by atoms with Gasteiger partial charge in [-0.2, -0.15) is 0 Å². The van der Waals surface area contributed by atoms with Crippen LogP contribution in [0.15, 0.2) is 18.3 Å². The van der Waals surface area contributed by atoms with Crippen molar-refractivity contribution in [2.24, 2.45) is 0 Å². The van der Waals surface area contributed by atoms with E-state index in [1.54, 1.807) is 17.2 Å². The SMILES string of the molecule is Cc1ccc(C(=O)N2CCC(F)CC2)cn1. The van der Waals surface area contributed by atoms with Crippen LogP contribution < -0.4 is 0 Å². The highest BCUT2D eigenvalue weighted by Gasteiger charge is 2.23. The number of carbonyl (C=O) groups is 1. The second-order valence-electron chi connectivity index (χ2n) is 4.16. The Bertz CT molecular complexity index is 369. The lowest BCUT2D eigenvalue weighted by Gasteiger charge is -2.28. The molecule has 1 saturated heterocycles. The van der Waals surface area contributed by atoms with Gasteiger partial charge in [-0.3, -0.25) is 9.78 Å². The Hall–Kier alpha value is -1.45. The van der Waals surface area contributed by atoms with Crippen molar-refractivity contribution in [3.63, 3.8) is 0 Å². The average molecular weight is 222 g/mol. The van der Waals surface area contributed by atoms with Gasteiger partial charge in [0.2, 0.25) is 0 Å². The van der Waals surface area contributed by atoms with Crippen molar-refractivity contribution in [2.75, 3.05) is 13.1 Å². The molecule has 0 unspecified atom stereocenters. The summed E-state index contributed by atoms with van der Waals surface area (Å²) in [5.41, 5.74) is 1.47. The highest BCUT2D eigenvalue weighted by Crippen LogP contribution is 2.15. The Morgan fingerprint density at radius 2 is 2.12 bits per heavy atom. The molecule has 1 aliphatic rings. The highest BCUT2D eigenvalue weighted by atomic mass is 19.1. The van der Waals surface area contributed by atoms with E-state index in [9.17, 15) is 9.18 Å². The van der Waals surface area contributed by atoms with Gasteiger partial charge in [-0.1, -0.05) is 0 Å². The van der Waals surface area contributed by atoms with Crippen molar-refractivity contribution in [1.29, 1.82) is 0 Å². The van der Waals surface area contributed by atoms with Gasteiger partial charge < -0.3 is 4.90 Å².